The molecule has 0 aromatic carbocycles. The number of rotatable bonds is 4. The second-order valence-electron chi connectivity index (χ2n) is 3.94. The molecule has 0 unspecified atom stereocenters. The highest BCUT2D eigenvalue weighted by molar-refractivity contribution is 7.90. The van der Waals surface area contributed by atoms with Crippen molar-refractivity contribution in [3.63, 3.8) is 0 Å². The summed E-state index contributed by atoms with van der Waals surface area (Å²) in [6.45, 7) is -2.93. The van der Waals surface area contributed by atoms with Gasteiger partial charge in [0.05, 0.1) is 0 Å². The summed E-state index contributed by atoms with van der Waals surface area (Å²) in [7, 11) is -3.31. The monoisotopic (exact) mass is 217 g/mol. The predicted molar refractivity (Wildman–Crippen MR) is 47.4 cm³/mol. The van der Waals surface area contributed by atoms with Crippen molar-refractivity contribution in [2.75, 3.05) is 12.0 Å². The zero-order chi connectivity index (χ0) is 10.9. The largest absolute Gasteiger partial charge is 0.483 e. The Bertz CT molecular complexity index is 268. The molecule has 0 saturated carbocycles. The Morgan fingerprint density at radius 3 is 1.85 bits per heavy atom. The van der Waals surface area contributed by atoms with Crippen molar-refractivity contribution in [1.29, 1.82) is 0 Å². The van der Waals surface area contributed by atoms with E-state index in [4.69, 9.17) is 0 Å². The molecule has 0 radical (unpaired) electrons. The lowest BCUT2D eigenvalue weighted by Gasteiger charge is -2.34. The zero-order valence-electron chi connectivity index (χ0n) is 7.85. The molecule has 13 heavy (non-hydrogen) atoms. The minimum Gasteiger partial charge on any atom is -0.449 e. The first-order valence-corrected chi connectivity index (χ1v) is 5.89. The van der Waals surface area contributed by atoms with Gasteiger partial charge in [-0.25, -0.2) is 8.42 Å². The van der Waals surface area contributed by atoms with Crippen LogP contribution in [0.3, 0.4) is 0 Å². The highest BCUT2D eigenvalue weighted by atomic mass is 32.2. The maximum absolute atomic E-state index is 12.3. The van der Waals surface area contributed by atoms with Crippen LogP contribution in [0, 0.1) is 0 Å². The van der Waals surface area contributed by atoms with Gasteiger partial charge in [0, 0.05) is 12.0 Å². The summed E-state index contributed by atoms with van der Waals surface area (Å²) >= 11 is 0. The van der Waals surface area contributed by atoms with Crippen LogP contribution in [-0.2, 0) is 9.84 Å². The highest BCUT2D eigenvalue weighted by Gasteiger charge is 2.41. The van der Waals surface area contributed by atoms with E-state index < -0.39 is 27.9 Å². The molecule has 0 amide bonds. The first-order chi connectivity index (χ1) is 5.46. The third kappa shape index (κ3) is 4.54. The molecule has 80 valence electrons. The quantitative estimate of drug-likeness (QED) is 0.675. The van der Waals surface area contributed by atoms with Crippen molar-refractivity contribution in [3.05, 3.63) is 0 Å². The summed E-state index contributed by atoms with van der Waals surface area (Å²) in [5.41, 5.74) is 0. The fraction of sp³-hybridized carbons (Fsp3) is 1.00. The number of halogens is 3. The van der Waals surface area contributed by atoms with Crippen molar-refractivity contribution in [2.24, 2.45) is 0 Å². The smallest absolute Gasteiger partial charge is 0.449 e. The lowest BCUT2D eigenvalue weighted by atomic mass is 9.59. The van der Waals surface area contributed by atoms with Gasteiger partial charge in [-0.2, -0.15) is 0 Å². The van der Waals surface area contributed by atoms with Crippen LogP contribution in [0.25, 0.3) is 0 Å². The molecule has 0 aliphatic carbocycles. The van der Waals surface area contributed by atoms with E-state index in [0.717, 1.165) is 20.1 Å². The molecule has 0 aliphatic heterocycles. The second kappa shape index (κ2) is 3.51. The Hall–Kier alpha value is -0.195. The molecule has 0 aliphatic rings. The Morgan fingerprint density at radius 2 is 1.62 bits per heavy atom. The van der Waals surface area contributed by atoms with Crippen LogP contribution in [0.4, 0.5) is 12.9 Å². The SMILES string of the molecule is CC(C)(CCS(C)(=O)=O)[B-](F)(F)F. The van der Waals surface area contributed by atoms with E-state index in [1.165, 1.54) is 0 Å². The molecule has 0 spiro atoms. The molecule has 2 nitrogen and oxygen atoms in total. The first-order valence-electron chi connectivity index (χ1n) is 3.83. The fourth-order valence-corrected chi connectivity index (χ4v) is 1.51. The van der Waals surface area contributed by atoms with Crippen molar-refractivity contribution in [1.82, 2.24) is 0 Å². The standard InChI is InChI=1S/C6H13BF3O2S/c1-6(2,7(8,9)10)4-5-13(3,11)12/h4-5H2,1-3H3/q-1. The molecule has 0 aromatic rings. The number of hydrogen-bond donors (Lipinski definition) is 0. The third-order valence-corrected chi connectivity index (χ3v) is 2.95. The summed E-state index contributed by atoms with van der Waals surface area (Å²) in [5, 5.41) is -1.87. The van der Waals surface area contributed by atoms with Crippen molar-refractivity contribution < 1.29 is 21.4 Å². The molecule has 0 heterocycles. The van der Waals surface area contributed by atoms with Gasteiger partial charge >= 0.3 is 6.98 Å². The molecule has 0 N–H and O–H groups in total. The van der Waals surface area contributed by atoms with Crippen LogP contribution in [0.2, 0.25) is 5.31 Å². The lowest BCUT2D eigenvalue weighted by molar-refractivity contribution is 0.376. The van der Waals surface area contributed by atoms with Gasteiger partial charge < -0.3 is 12.9 Å². The zero-order valence-corrected chi connectivity index (χ0v) is 8.67. The molecule has 0 saturated heterocycles. The summed E-state index contributed by atoms with van der Waals surface area (Å²) < 4.78 is 58.1. The summed E-state index contributed by atoms with van der Waals surface area (Å²) in [4.78, 5) is 0. The first kappa shape index (κ1) is 12.8. The average Bonchev–Trinajstić information content (AvgIpc) is 1.79. The molecular formula is C6H13BF3O2S-. The van der Waals surface area contributed by atoms with Gasteiger partial charge in [-0.15, -0.1) is 0 Å². The molecular weight excluding hydrogens is 204 g/mol. The van der Waals surface area contributed by atoms with Gasteiger partial charge in [-0.05, 0) is 0 Å². The van der Waals surface area contributed by atoms with Gasteiger partial charge in [0.1, 0.15) is 9.84 Å². The second-order valence-corrected chi connectivity index (χ2v) is 6.20. The van der Waals surface area contributed by atoms with Gasteiger partial charge in [0.25, 0.3) is 0 Å². The minimum atomic E-state index is -4.98. The molecule has 0 aromatic heterocycles. The fourth-order valence-electron chi connectivity index (χ4n) is 0.612. The molecule has 0 fully saturated rings. The summed E-state index contributed by atoms with van der Waals surface area (Å²) in [5.74, 6) is -0.415. The molecule has 0 rings (SSSR count). The van der Waals surface area contributed by atoms with Crippen molar-refractivity contribution in [3.8, 4) is 0 Å². The third-order valence-electron chi connectivity index (χ3n) is 2.00. The van der Waals surface area contributed by atoms with Crippen LogP contribution < -0.4 is 0 Å². The Kier molecular flexibility index (Phi) is 3.46. The normalized spacial score (nSPS) is 14.6. The van der Waals surface area contributed by atoms with Gasteiger partial charge in [0.2, 0.25) is 0 Å². The highest BCUT2D eigenvalue weighted by Crippen LogP contribution is 2.43. The van der Waals surface area contributed by atoms with Crippen LogP contribution in [0.1, 0.15) is 20.3 Å². The summed E-state index contributed by atoms with van der Waals surface area (Å²) in [6.07, 6.45) is 0.571. The van der Waals surface area contributed by atoms with Gasteiger partial charge in [-0.1, -0.05) is 25.6 Å². The molecule has 7 heteroatoms. The minimum absolute atomic E-state index is 0.366. The van der Waals surface area contributed by atoms with E-state index in [0.29, 0.717) is 0 Å². The van der Waals surface area contributed by atoms with E-state index in [1.807, 2.05) is 0 Å². The van der Waals surface area contributed by atoms with Crippen LogP contribution >= 0.6 is 0 Å². The number of sulfone groups is 1. The van der Waals surface area contributed by atoms with Crippen LogP contribution in [0.5, 0.6) is 0 Å². The van der Waals surface area contributed by atoms with Crippen LogP contribution in [0.15, 0.2) is 0 Å². The summed E-state index contributed by atoms with van der Waals surface area (Å²) in [6, 6.07) is 0. The topological polar surface area (TPSA) is 34.1 Å². The van der Waals surface area contributed by atoms with Gasteiger partial charge in [-0.3, -0.25) is 0 Å². The predicted octanol–water partition coefficient (Wildman–Crippen LogP) is 2.05. The number of hydrogen-bond acceptors (Lipinski definition) is 2. The van der Waals surface area contributed by atoms with E-state index >= 15 is 0 Å². The lowest BCUT2D eigenvalue weighted by Crippen LogP contribution is -2.33. The molecule has 0 atom stereocenters. The van der Waals surface area contributed by atoms with Crippen molar-refractivity contribution >= 4 is 16.8 Å². The van der Waals surface area contributed by atoms with E-state index in [2.05, 4.69) is 0 Å². The van der Waals surface area contributed by atoms with Gasteiger partial charge in [0.15, 0.2) is 0 Å². The Balaban J connectivity index is 4.38. The van der Waals surface area contributed by atoms with E-state index in [1.54, 1.807) is 0 Å². The van der Waals surface area contributed by atoms with E-state index in [9.17, 15) is 21.4 Å². The van der Waals surface area contributed by atoms with E-state index in [-0.39, 0.29) is 6.42 Å². The van der Waals surface area contributed by atoms with Crippen molar-refractivity contribution in [2.45, 2.75) is 25.6 Å². The average molecular weight is 217 g/mol. The Labute approximate surface area is 76.5 Å². The maximum atomic E-state index is 12.3. The molecule has 0 bridgehead atoms. The Morgan fingerprint density at radius 1 is 1.23 bits per heavy atom. The van der Waals surface area contributed by atoms with Crippen LogP contribution in [-0.4, -0.2) is 27.4 Å². The maximum Gasteiger partial charge on any atom is 0.483 e.